The van der Waals surface area contributed by atoms with E-state index in [0.717, 1.165) is 28.1 Å². The minimum absolute atomic E-state index is 0.0966. The number of hydrogen-bond donors (Lipinski definition) is 0. The molecule has 0 aromatic heterocycles. The van der Waals surface area contributed by atoms with E-state index in [4.69, 9.17) is 22.2 Å². The van der Waals surface area contributed by atoms with E-state index in [9.17, 15) is 0 Å². The van der Waals surface area contributed by atoms with Crippen molar-refractivity contribution >= 4 is 45.9 Å². The summed E-state index contributed by atoms with van der Waals surface area (Å²) in [5.41, 5.74) is 7.40. The Morgan fingerprint density at radius 1 is 0.750 bits per heavy atom. The molecule has 1 saturated heterocycles. The van der Waals surface area contributed by atoms with E-state index >= 15 is 0 Å². The summed E-state index contributed by atoms with van der Waals surface area (Å²) in [6, 6.07) is 32.6. The molecule has 9 heteroatoms. The molecule has 48 heavy (non-hydrogen) atoms. The van der Waals surface area contributed by atoms with E-state index in [2.05, 4.69) is 133 Å². The number of nitrogens with zero attached hydrogens (tertiary/aromatic N) is 4. The Morgan fingerprint density at radius 3 is 1.77 bits per heavy atom. The minimum atomic E-state index is -2.44. The predicted molar refractivity (Wildman–Crippen MR) is 199 cm³/mol. The summed E-state index contributed by atoms with van der Waals surface area (Å²) in [7, 11) is -2.44. The van der Waals surface area contributed by atoms with Crippen LogP contribution in [0.2, 0.25) is 0 Å². The SMILES string of the molecule is CC=C1COCC1=CC(/C=C/C1=C2N=S=NC2=C(/C=C/C)C2N=S=NC12)=C([C]#[Os])[P+](c1ccccc1)(c1ccccc1)c1ccccc1. The quantitative estimate of drug-likeness (QED) is 0.168. The molecule has 5 nitrogen and oxygen atoms in total. The molecule has 3 aromatic rings. The van der Waals surface area contributed by atoms with Gasteiger partial charge < -0.3 is 0 Å². The third-order valence-corrected chi connectivity index (χ3v) is 15.4. The average Bonchev–Trinajstić information content (AvgIpc) is 3.93. The van der Waals surface area contributed by atoms with E-state index in [-0.39, 0.29) is 12.1 Å². The molecule has 7 rings (SSSR count). The normalized spacial score (nSPS) is 22.4. The van der Waals surface area contributed by atoms with Crippen LogP contribution in [0, 0.1) is 4.37 Å². The van der Waals surface area contributed by atoms with Crippen LogP contribution in [0.1, 0.15) is 13.8 Å². The summed E-state index contributed by atoms with van der Waals surface area (Å²) in [6.45, 7) is 5.29. The monoisotopic (exact) mass is 860 g/mol. The Bertz CT molecular complexity index is 2070. The van der Waals surface area contributed by atoms with E-state index in [1.807, 2.05) is 13.0 Å². The molecule has 2 unspecified atom stereocenters. The average molecular weight is 859 g/mol. The first kappa shape index (κ1) is 32.8. The summed E-state index contributed by atoms with van der Waals surface area (Å²) < 4.78 is 29.0. The van der Waals surface area contributed by atoms with Crippen molar-refractivity contribution in [2.45, 2.75) is 25.9 Å². The number of rotatable bonds is 8. The van der Waals surface area contributed by atoms with E-state index in [1.165, 1.54) is 55.1 Å². The summed E-state index contributed by atoms with van der Waals surface area (Å²) in [4.78, 5) is 0. The van der Waals surface area contributed by atoms with Crippen LogP contribution in [0.15, 0.2) is 189 Å². The molecule has 0 radical (unpaired) electrons. The van der Waals surface area contributed by atoms with Crippen LogP contribution in [0.3, 0.4) is 0 Å². The van der Waals surface area contributed by atoms with Crippen LogP contribution in [0.5, 0.6) is 0 Å². The van der Waals surface area contributed by atoms with Gasteiger partial charge in [-0.25, -0.2) is 0 Å². The van der Waals surface area contributed by atoms with Crippen molar-refractivity contribution in [3.05, 3.63) is 172 Å². The van der Waals surface area contributed by atoms with Crippen molar-refractivity contribution in [3.8, 4) is 4.37 Å². The first-order chi connectivity index (χ1) is 23.7. The van der Waals surface area contributed by atoms with Crippen LogP contribution in [-0.4, -0.2) is 25.3 Å². The van der Waals surface area contributed by atoms with Gasteiger partial charge in [-0.05, 0) is 0 Å². The van der Waals surface area contributed by atoms with Gasteiger partial charge in [-0.15, -0.1) is 0 Å². The van der Waals surface area contributed by atoms with Gasteiger partial charge in [0.05, 0.1) is 0 Å². The zero-order chi connectivity index (χ0) is 32.9. The number of allylic oxidation sites excluding steroid dienone is 6. The molecule has 3 heterocycles. The van der Waals surface area contributed by atoms with Crippen molar-refractivity contribution in [2.24, 2.45) is 17.5 Å². The fourth-order valence-electron chi connectivity index (χ4n) is 6.60. The zero-order valence-corrected chi connectivity index (χ0v) is 31.6. The molecule has 3 aromatic carbocycles. The first-order valence-electron chi connectivity index (χ1n) is 15.7. The third-order valence-electron chi connectivity index (χ3n) is 8.81. The third kappa shape index (κ3) is 5.93. The molecule has 0 spiro atoms. The topological polar surface area (TPSA) is 58.7 Å². The van der Waals surface area contributed by atoms with Crippen LogP contribution >= 0.6 is 7.26 Å². The maximum atomic E-state index is 5.98. The molecule has 0 amide bonds. The van der Waals surface area contributed by atoms with Crippen LogP contribution < -0.4 is 15.9 Å². The number of fused-ring (bicyclic) bond motifs is 2. The van der Waals surface area contributed by atoms with Crippen molar-refractivity contribution < 1.29 is 22.7 Å². The summed E-state index contributed by atoms with van der Waals surface area (Å²) >= 11 is 4.33. The molecule has 1 fully saturated rings. The van der Waals surface area contributed by atoms with Crippen molar-refractivity contribution in [1.82, 2.24) is 0 Å². The predicted octanol–water partition coefficient (Wildman–Crippen LogP) is 7.96. The second-order valence-corrected chi connectivity index (χ2v) is 16.5. The Kier molecular flexibility index (Phi) is 10.1. The molecule has 0 bridgehead atoms. The number of hydrogen-bond acceptors (Lipinski definition) is 5. The fourth-order valence-corrected chi connectivity index (χ4v) is 13.7. The van der Waals surface area contributed by atoms with Gasteiger partial charge in [-0.3, -0.25) is 0 Å². The van der Waals surface area contributed by atoms with Gasteiger partial charge in [0.1, 0.15) is 0 Å². The molecule has 239 valence electrons. The van der Waals surface area contributed by atoms with Crippen molar-refractivity contribution in [1.29, 1.82) is 0 Å². The summed E-state index contributed by atoms with van der Waals surface area (Å²) in [6.07, 6.45) is 13.1. The molecule has 1 aliphatic carbocycles. The standard InChI is InChI=1S/C39H33N4OPS2.Os/c1-4-15-34-36-38(42-46-40-36)35(39-37(34)41-47-43-39)23-22-29(24-30-26-44-25-28(30)5-2)27(3)45(31-16-9-6-10-17-31,32-18-11-7-12-19-32)33-20-13-8-14-21-33;/h4-24,36,38H,25-26H2,1-2H3;/q+1;/b15-4+,23-22+,28-5?,29-27?,30-24?;. The Hall–Kier alpha value is -3.71. The molecular formula is C39H33N4OOsPS2+. The molecule has 3 aliphatic heterocycles. The Balaban J connectivity index is 1.55. The van der Waals surface area contributed by atoms with Gasteiger partial charge in [0, 0.05) is 0 Å². The molecule has 0 saturated carbocycles. The van der Waals surface area contributed by atoms with Crippen LogP contribution in [-0.2, 0) is 45.4 Å². The van der Waals surface area contributed by atoms with Crippen molar-refractivity contribution in [2.75, 3.05) is 13.2 Å². The van der Waals surface area contributed by atoms with Crippen LogP contribution in [0.4, 0.5) is 0 Å². The first-order valence-corrected chi connectivity index (χ1v) is 20.3. The van der Waals surface area contributed by atoms with Gasteiger partial charge in [0.15, 0.2) is 0 Å². The van der Waals surface area contributed by atoms with E-state index in [1.54, 1.807) is 17.9 Å². The molecule has 2 atom stereocenters. The van der Waals surface area contributed by atoms with Gasteiger partial charge in [-0.1, -0.05) is 0 Å². The van der Waals surface area contributed by atoms with Gasteiger partial charge in [0.25, 0.3) is 0 Å². The summed E-state index contributed by atoms with van der Waals surface area (Å²) in [5, 5.41) is 5.00. The fraction of sp³-hybridized carbons (Fsp3) is 0.154. The van der Waals surface area contributed by atoms with Crippen LogP contribution in [0.25, 0.3) is 0 Å². The van der Waals surface area contributed by atoms with Crippen molar-refractivity contribution in [3.63, 3.8) is 0 Å². The molecule has 0 N–H and O–H groups in total. The summed E-state index contributed by atoms with van der Waals surface area (Å²) in [5.74, 6) is 0. The number of benzene rings is 3. The maximum absolute atomic E-state index is 5.98. The zero-order valence-electron chi connectivity index (χ0n) is 26.5. The van der Waals surface area contributed by atoms with Gasteiger partial charge in [-0.2, -0.15) is 0 Å². The second kappa shape index (κ2) is 14.8. The Labute approximate surface area is 299 Å². The Morgan fingerprint density at radius 2 is 1.27 bits per heavy atom. The molecular weight excluding hydrogens is 826 g/mol. The van der Waals surface area contributed by atoms with E-state index in [0.29, 0.717) is 13.2 Å². The van der Waals surface area contributed by atoms with Gasteiger partial charge in [0.2, 0.25) is 0 Å². The number of ether oxygens (including phenoxy) is 1. The van der Waals surface area contributed by atoms with Gasteiger partial charge >= 0.3 is 302 Å². The molecule has 4 aliphatic rings. The van der Waals surface area contributed by atoms with E-state index < -0.39 is 7.26 Å². The second-order valence-electron chi connectivity index (χ2n) is 11.4.